The molecule has 1 spiro atoms. The molecule has 1 saturated carbocycles. The van der Waals surface area contributed by atoms with Crippen molar-refractivity contribution < 1.29 is 19.7 Å². The first-order valence-corrected chi connectivity index (χ1v) is 10.5. The van der Waals surface area contributed by atoms with Gasteiger partial charge in [-0.1, -0.05) is 0 Å². The topological polar surface area (TPSA) is 141 Å². The number of aliphatic hydroxyl groups is 2. The van der Waals surface area contributed by atoms with Crippen LogP contribution in [-0.2, 0) is 4.74 Å². The maximum Gasteiger partial charge on any atom is 0.168 e. The highest BCUT2D eigenvalue weighted by Gasteiger charge is 2.57. The molecule has 0 bridgehead atoms. The number of ether oxygens (including phenoxy) is 2. The normalized spacial score (nSPS) is 32.2. The predicted octanol–water partition coefficient (Wildman–Crippen LogP) is 1.03. The van der Waals surface area contributed by atoms with Crippen molar-refractivity contribution in [2.24, 2.45) is 5.41 Å². The molecule has 31 heavy (non-hydrogen) atoms. The van der Waals surface area contributed by atoms with Gasteiger partial charge in [-0.25, -0.2) is 15.0 Å². The molecule has 10 heteroatoms. The molecule has 1 aliphatic carbocycles. The van der Waals surface area contributed by atoms with Gasteiger partial charge in [0.15, 0.2) is 11.6 Å². The van der Waals surface area contributed by atoms with Crippen LogP contribution in [-0.4, -0.2) is 61.7 Å². The second kappa shape index (κ2) is 6.78. The average molecular weight is 424 g/mol. The molecule has 5 heterocycles. The third kappa shape index (κ3) is 2.79. The Hall–Kier alpha value is -2.95. The van der Waals surface area contributed by atoms with Gasteiger partial charge in [0, 0.05) is 23.4 Å². The highest BCUT2D eigenvalue weighted by molar-refractivity contribution is 5.86. The van der Waals surface area contributed by atoms with Gasteiger partial charge in [0.05, 0.1) is 36.8 Å². The van der Waals surface area contributed by atoms with Crippen molar-refractivity contribution in [3.8, 4) is 5.75 Å². The lowest BCUT2D eigenvalue weighted by Crippen LogP contribution is -2.37. The summed E-state index contributed by atoms with van der Waals surface area (Å²) in [5, 5.41) is 26.0. The van der Waals surface area contributed by atoms with Gasteiger partial charge in [-0.15, -0.1) is 0 Å². The van der Waals surface area contributed by atoms with Crippen molar-refractivity contribution >= 4 is 22.7 Å². The zero-order valence-electron chi connectivity index (χ0n) is 16.8. The minimum atomic E-state index is -0.941. The number of pyridine rings is 1. The van der Waals surface area contributed by atoms with E-state index in [2.05, 4.69) is 20.3 Å². The quantitative estimate of drug-likeness (QED) is 0.475. The largest absolute Gasteiger partial charge is 0.488 e. The highest BCUT2D eigenvalue weighted by Crippen LogP contribution is 2.55. The number of rotatable bonds is 2. The maximum absolute atomic E-state index is 11.0. The number of hydrogen-bond acceptors (Lipinski definition) is 9. The van der Waals surface area contributed by atoms with Gasteiger partial charge in [0.2, 0.25) is 0 Å². The fraction of sp³-hybridized carbons (Fsp3) is 0.476. The Labute approximate surface area is 178 Å². The number of nitrogens with zero attached hydrogens (tertiary/aromatic N) is 4. The number of anilines is 2. The molecule has 5 atom stereocenters. The van der Waals surface area contributed by atoms with E-state index in [9.17, 15) is 10.2 Å². The molecular formula is C21H24N6O4. The molecular weight excluding hydrogens is 400 g/mol. The van der Waals surface area contributed by atoms with E-state index in [1.807, 2.05) is 22.9 Å². The molecule has 2 fully saturated rings. The van der Waals surface area contributed by atoms with Crippen LogP contribution in [0.3, 0.4) is 0 Å². The van der Waals surface area contributed by atoms with E-state index in [0.29, 0.717) is 43.3 Å². The minimum absolute atomic E-state index is 0.219. The molecule has 1 saturated heterocycles. The van der Waals surface area contributed by atoms with Gasteiger partial charge in [-0.05, 0) is 25.0 Å². The van der Waals surface area contributed by atoms with Crippen LogP contribution < -0.4 is 15.8 Å². The third-order valence-electron chi connectivity index (χ3n) is 6.92. The lowest BCUT2D eigenvalue weighted by atomic mass is 9.80. The first-order valence-electron chi connectivity index (χ1n) is 10.5. The number of nitrogens with two attached hydrogens (primary N) is 1. The fourth-order valence-electron chi connectivity index (χ4n) is 5.28. The smallest absolute Gasteiger partial charge is 0.168 e. The van der Waals surface area contributed by atoms with Crippen LogP contribution in [0.2, 0.25) is 0 Å². The van der Waals surface area contributed by atoms with Gasteiger partial charge >= 0.3 is 0 Å². The number of fused-ring (bicyclic) bond motifs is 2. The summed E-state index contributed by atoms with van der Waals surface area (Å²) in [7, 11) is 0. The predicted molar refractivity (Wildman–Crippen MR) is 112 cm³/mol. The lowest BCUT2D eigenvalue weighted by molar-refractivity contribution is -0.0309. The first-order chi connectivity index (χ1) is 15.1. The SMILES string of the molecule is Nc1ncnc2c1ccn2[C@@H]1C[C@@]2(CO[C@@H](c3cnc4c(c3)OCCN4)C2)[C@@H](O)[C@H]1O. The van der Waals surface area contributed by atoms with E-state index in [1.165, 1.54) is 6.33 Å². The zero-order valence-corrected chi connectivity index (χ0v) is 16.8. The van der Waals surface area contributed by atoms with Crippen molar-refractivity contribution in [3.63, 3.8) is 0 Å². The summed E-state index contributed by atoms with van der Waals surface area (Å²) < 4.78 is 13.7. The first kappa shape index (κ1) is 18.8. The standard InChI is InChI=1S/C21H24N6O4/c22-18-12-1-3-27(20(12)26-10-25-18)13-6-21(17(29)16(13)28)7-15(31-9-21)11-5-14-19(24-8-11)23-2-4-30-14/h1,3,5,8,10,13,15-17,28-29H,2,4,6-7,9H2,(H,23,24)(H2,22,25,26)/t13-,15-,16+,17+,21-/m1/s1. The summed E-state index contributed by atoms with van der Waals surface area (Å²) in [4.78, 5) is 12.8. The van der Waals surface area contributed by atoms with Gasteiger partial charge in [0.1, 0.15) is 30.5 Å². The number of aliphatic hydroxyl groups excluding tert-OH is 2. The van der Waals surface area contributed by atoms with Gasteiger partial charge in [-0.3, -0.25) is 0 Å². The average Bonchev–Trinajstić information content (AvgIpc) is 3.48. The summed E-state index contributed by atoms with van der Waals surface area (Å²) >= 11 is 0. The van der Waals surface area contributed by atoms with Gasteiger partial charge in [0.25, 0.3) is 0 Å². The Morgan fingerprint density at radius 3 is 3.03 bits per heavy atom. The van der Waals surface area contributed by atoms with Crippen molar-refractivity contribution in [1.82, 2.24) is 19.5 Å². The Balaban J connectivity index is 1.28. The summed E-state index contributed by atoms with van der Waals surface area (Å²) in [6.45, 7) is 1.69. The summed E-state index contributed by atoms with van der Waals surface area (Å²) in [6, 6.07) is 3.46. The number of aromatic nitrogens is 4. The van der Waals surface area contributed by atoms with Gasteiger partial charge in [-0.2, -0.15) is 0 Å². The van der Waals surface area contributed by atoms with Crippen LogP contribution in [0.4, 0.5) is 11.6 Å². The van der Waals surface area contributed by atoms with Crippen LogP contribution in [0.15, 0.2) is 30.9 Å². The molecule has 0 aromatic carbocycles. The van der Waals surface area contributed by atoms with E-state index < -0.39 is 17.6 Å². The van der Waals surface area contributed by atoms with Crippen molar-refractivity contribution in [1.29, 1.82) is 0 Å². The number of nitrogens with one attached hydrogen (secondary N) is 1. The Morgan fingerprint density at radius 1 is 1.23 bits per heavy atom. The van der Waals surface area contributed by atoms with E-state index in [1.54, 1.807) is 6.20 Å². The Kier molecular flexibility index (Phi) is 4.11. The summed E-state index contributed by atoms with van der Waals surface area (Å²) in [5.74, 6) is 1.85. The molecule has 5 N–H and O–H groups in total. The van der Waals surface area contributed by atoms with E-state index >= 15 is 0 Å². The second-order valence-corrected chi connectivity index (χ2v) is 8.68. The van der Waals surface area contributed by atoms with E-state index in [-0.39, 0.29) is 12.1 Å². The van der Waals surface area contributed by atoms with Crippen LogP contribution >= 0.6 is 0 Å². The zero-order chi connectivity index (χ0) is 21.2. The minimum Gasteiger partial charge on any atom is -0.488 e. The molecule has 6 rings (SSSR count). The molecule has 3 aromatic rings. The van der Waals surface area contributed by atoms with E-state index in [4.69, 9.17) is 15.2 Å². The maximum atomic E-state index is 11.0. The van der Waals surface area contributed by atoms with Crippen molar-refractivity contribution in [2.75, 3.05) is 30.8 Å². The monoisotopic (exact) mass is 424 g/mol. The fourth-order valence-corrected chi connectivity index (χ4v) is 5.28. The number of hydrogen-bond donors (Lipinski definition) is 4. The molecule has 10 nitrogen and oxygen atoms in total. The van der Waals surface area contributed by atoms with Gasteiger partial charge < -0.3 is 35.3 Å². The molecule has 2 aliphatic heterocycles. The second-order valence-electron chi connectivity index (χ2n) is 8.68. The third-order valence-corrected chi connectivity index (χ3v) is 6.92. The molecule has 3 aliphatic rings. The summed E-state index contributed by atoms with van der Waals surface area (Å²) in [6.07, 6.45) is 4.13. The number of nitrogen functional groups attached to an aromatic ring is 1. The highest BCUT2D eigenvalue weighted by atomic mass is 16.5. The molecule has 3 aromatic heterocycles. The van der Waals surface area contributed by atoms with Crippen LogP contribution in [0.5, 0.6) is 5.75 Å². The Morgan fingerprint density at radius 2 is 2.13 bits per heavy atom. The summed E-state index contributed by atoms with van der Waals surface area (Å²) in [5.41, 5.74) is 6.97. The van der Waals surface area contributed by atoms with E-state index in [0.717, 1.165) is 23.3 Å². The van der Waals surface area contributed by atoms with Crippen molar-refractivity contribution in [3.05, 3.63) is 36.4 Å². The van der Waals surface area contributed by atoms with Crippen molar-refractivity contribution in [2.45, 2.75) is 37.2 Å². The molecule has 0 unspecified atom stereocenters. The van der Waals surface area contributed by atoms with Crippen LogP contribution in [0.1, 0.15) is 30.6 Å². The van der Waals surface area contributed by atoms with Crippen LogP contribution in [0, 0.1) is 5.41 Å². The molecule has 0 radical (unpaired) electrons. The Bertz CT molecular complexity index is 1150. The lowest BCUT2D eigenvalue weighted by Gasteiger charge is -2.26. The molecule has 162 valence electrons. The molecule has 0 amide bonds. The van der Waals surface area contributed by atoms with Crippen LogP contribution in [0.25, 0.3) is 11.0 Å².